The summed E-state index contributed by atoms with van der Waals surface area (Å²) in [5.74, 6) is 1.39. The Bertz CT molecular complexity index is 409. The first kappa shape index (κ1) is 19.8. The van der Waals surface area contributed by atoms with E-state index in [4.69, 9.17) is 0 Å². The lowest BCUT2D eigenvalue weighted by Crippen LogP contribution is -2.00. The number of aliphatic hydroxyl groups excluding tert-OH is 2. The fourth-order valence-corrected chi connectivity index (χ4v) is 6.36. The Hall–Kier alpha value is 1.76. The summed E-state index contributed by atoms with van der Waals surface area (Å²) in [6.45, 7) is 3.51. The Morgan fingerprint density at radius 2 is 1.00 bits per heavy atom. The maximum absolute atomic E-state index is 9.41. The van der Waals surface area contributed by atoms with E-state index >= 15 is 0 Å². The third-order valence-electron chi connectivity index (χ3n) is 2.38. The van der Waals surface area contributed by atoms with Gasteiger partial charge in [-0.25, -0.2) is 0 Å². The summed E-state index contributed by atoms with van der Waals surface area (Å²) in [5.41, 5.74) is 1.36. The minimum absolute atomic E-state index is 0.406. The molecule has 2 unspecified atom stereocenters. The first-order valence-corrected chi connectivity index (χ1v) is 11.0. The number of hydrogen-bond donors (Lipinski definition) is 2. The van der Waals surface area contributed by atoms with Crippen molar-refractivity contribution in [3.8, 4) is 0 Å². The van der Waals surface area contributed by atoms with Crippen molar-refractivity contribution in [3.63, 3.8) is 0 Å². The molecule has 1 aromatic carbocycles. The van der Waals surface area contributed by atoms with Crippen LogP contribution in [0, 0.1) is 0 Å². The molecule has 0 aliphatic heterocycles. The lowest BCUT2D eigenvalue weighted by atomic mass is 10.2. The molecule has 0 fully saturated rings. The molecular formula is C12H14Br4O2S2. The van der Waals surface area contributed by atoms with E-state index in [9.17, 15) is 10.2 Å². The van der Waals surface area contributed by atoms with Crippen LogP contribution in [-0.4, -0.2) is 21.1 Å². The monoisotopic (exact) mass is 570 g/mol. The molecule has 0 aromatic heterocycles. The normalized spacial score (nSPS) is 14.4. The maximum atomic E-state index is 9.41. The minimum Gasteiger partial charge on any atom is -0.383 e. The van der Waals surface area contributed by atoms with Crippen LogP contribution >= 0.6 is 87.2 Å². The van der Waals surface area contributed by atoms with E-state index in [-0.39, 0.29) is 0 Å². The van der Waals surface area contributed by atoms with E-state index in [0.29, 0.717) is 11.5 Å². The summed E-state index contributed by atoms with van der Waals surface area (Å²) in [6.07, 6.45) is 0. The molecule has 0 saturated carbocycles. The number of rotatable bonds is 6. The minimum atomic E-state index is -0.406. The van der Waals surface area contributed by atoms with Crippen LogP contribution in [-0.2, 0) is 11.5 Å². The topological polar surface area (TPSA) is 40.5 Å². The van der Waals surface area contributed by atoms with Gasteiger partial charge in [-0.15, -0.1) is 23.5 Å². The smallest absolute Gasteiger partial charge is 0.0967 e. The molecule has 114 valence electrons. The Morgan fingerprint density at radius 1 is 0.750 bits per heavy atom. The average Bonchev–Trinajstić information content (AvgIpc) is 2.35. The van der Waals surface area contributed by atoms with Crippen molar-refractivity contribution in [1.82, 2.24) is 0 Å². The van der Waals surface area contributed by atoms with Crippen LogP contribution in [0.5, 0.6) is 0 Å². The zero-order valence-electron chi connectivity index (χ0n) is 10.8. The molecule has 0 bridgehead atoms. The third-order valence-corrected chi connectivity index (χ3v) is 8.82. The van der Waals surface area contributed by atoms with Crippen LogP contribution in [0.4, 0.5) is 0 Å². The van der Waals surface area contributed by atoms with Gasteiger partial charge in [0.25, 0.3) is 0 Å². The van der Waals surface area contributed by atoms with Gasteiger partial charge in [0.2, 0.25) is 0 Å². The predicted molar refractivity (Wildman–Crippen MR) is 103 cm³/mol. The molecule has 0 saturated heterocycles. The molecule has 20 heavy (non-hydrogen) atoms. The molecule has 0 aliphatic rings. The van der Waals surface area contributed by atoms with Gasteiger partial charge in [-0.1, -0.05) is 0 Å². The van der Waals surface area contributed by atoms with Crippen molar-refractivity contribution in [2.24, 2.45) is 0 Å². The summed E-state index contributed by atoms with van der Waals surface area (Å²) in [4.78, 5) is 0. The van der Waals surface area contributed by atoms with Gasteiger partial charge in [-0.3, -0.25) is 0 Å². The fourth-order valence-electron chi connectivity index (χ4n) is 1.38. The molecule has 0 aliphatic carbocycles. The highest BCUT2D eigenvalue weighted by Crippen LogP contribution is 2.44. The zero-order valence-corrected chi connectivity index (χ0v) is 18.8. The summed E-state index contributed by atoms with van der Waals surface area (Å²) in [6, 6.07) is 0. The van der Waals surface area contributed by atoms with Gasteiger partial charge in [0.1, 0.15) is 0 Å². The van der Waals surface area contributed by atoms with E-state index in [0.717, 1.165) is 29.0 Å². The molecule has 0 heterocycles. The van der Waals surface area contributed by atoms with Crippen LogP contribution < -0.4 is 0 Å². The van der Waals surface area contributed by atoms with Crippen LogP contribution in [0.2, 0.25) is 0 Å². The number of benzene rings is 1. The molecule has 1 rings (SSSR count). The van der Waals surface area contributed by atoms with E-state index in [1.807, 2.05) is 0 Å². The molecule has 1 aromatic rings. The van der Waals surface area contributed by atoms with Crippen LogP contribution in [0.15, 0.2) is 17.9 Å². The molecular weight excluding hydrogens is 560 g/mol. The quantitative estimate of drug-likeness (QED) is 0.329. The van der Waals surface area contributed by atoms with Gasteiger partial charge in [0.15, 0.2) is 0 Å². The van der Waals surface area contributed by atoms with Crippen molar-refractivity contribution < 1.29 is 10.2 Å². The van der Waals surface area contributed by atoms with Gasteiger partial charge in [-0.05, 0) is 88.7 Å². The number of aliphatic hydroxyl groups is 2. The van der Waals surface area contributed by atoms with Crippen LogP contribution in [0.1, 0.15) is 25.0 Å². The van der Waals surface area contributed by atoms with Crippen LogP contribution in [0.3, 0.4) is 0 Å². The molecule has 8 heteroatoms. The van der Waals surface area contributed by atoms with E-state index in [1.165, 1.54) is 23.5 Å². The molecule has 0 amide bonds. The summed E-state index contributed by atoms with van der Waals surface area (Å²) < 4.78 is 3.90. The summed E-state index contributed by atoms with van der Waals surface area (Å²) >= 11 is 17.4. The zero-order chi connectivity index (χ0) is 15.4. The van der Waals surface area contributed by atoms with Crippen molar-refractivity contribution in [3.05, 3.63) is 29.0 Å². The van der Waals surface area contributed by atoms with Gasteiger partial charge >= 0.3 is 0 Å². The fraction of sp³-hybridized carbons (Fsp3) is 0.500. The van der Waals surface area contributed by atoms with E-state index < -0.39 is 10.9 Å². The molecule has 0 spiro atoms. The second kappa shape index (κ2) is 9.15. The van der Waals surface area contributed by atoms with E-state index in [1.54, 1.807) is 13.8 Å². The standard InChI is InChI=1S/C12H14Br4O2S2/c1-5(17)19-3-7-9(13)11(15)8(4-20-6(2)18)12(16)10(7)14/h5-6,17-18H,3-4H2,1-2H3. The lowest BCUT2D eigenvalue weighted by Gasteiger charge is -2.17. The molecule has 2 atom stereocenters. The molecule has 0 radical (unpaired) electrons. The Kier molecular flexibility index (Phi) is 9.06. The van der Waals surface area contributed by atoms with Gasteiger partial charge in [-0.2, -0.15) is 0 Å². The average molecular weight is 574 g/mol. The SMILES string of the molecule is CC(O)SCc1c(Br)c(Br)c(CSC(C)O)c(Br)c1Br. The summed E-state index contributed by atoms with van der Waals surface area (Å²) in [5, 5.41) is 18.8. The second-order valence-corrected chi connectivity index (χ2v) is 9.81. The summed E-state index contributed by atoms with van der Waals surface area (Å²) in [7, 11) is 0. The second-order valence-electron chi connectivity index (χ2n) is 4.03. The Morgan fingerprint density at radius 3 is 1.20 bits per heavy atom. The Labute approximate surface area is 161 Å². The maximum Gasteiger partial charge on any atom is 0.0967 e. The molecule has 2 N–H and O–H groups in total. The largest absolute Gasteiger partial charge is 0.383 e. The van der Waals surface area contributed by atoms with E-state index in [2.05, 4.69) is 63.7 Å². The van der Waals surface area contributed by atoms with Gasteiger partial charge < -0.3 is 10.2 Å². The van der Waals surface area contributed by atoms with Gasteiger partial charge in [0.05, 0.1) is 10.9 Å². The van der Waals surface area contributed by atoms with Crippen molar-refractivity contribution in [2.75, 3.05) is 0 Å². The Balaban J connectivity index is 3.13. The van der Waals surface area contributed by atoms with Gasteiger partial charge in [0, 0.05) is 29.4 Å². The third kappa shape index (κ3) is 5.44. The van der Waals surface area contributed by atoms with Crippen LogP contribution in [0.25, 0.3) is 0 Å². The highest BCUT2D eigenvalue weighted by atomic mass is 79.9. The van der Waals surface area contributed by atoms with Crippen molar-refractivity contribution in [2.45, 2.75) is 36.2 Å². The lowest BCUT2D eigenvalue weighted by molar-refractivity contribution is 0.283. The highest BCUT2D eigenvalue weighted by molar-refractivity contribution is 9.14. The number of thioether (sulfide) groups is 2. The number of halogens is 4. The first-order valence-electron chi connectivity index (χ1n) is 5.68. The van der Waals surface area contributed by atoms with Crippen molar-refractivity contribution in [1.29, 1.82) is 0 Å². The predicted octanol–water partition coefficient (Wildman–Crippen LogP) is 5.88. The number of hydrogen-bond acceptors (Lipinski definition) is 4. The van der Waals surface area contributed by atoms with Crippen molar-refractivity contribution >= 4 is 87.2 Å². The highest BCUT2D eigenvalue weighted by Gasteiger charge is 2.19. The first-order chi connectivity index (χ1) is 9.25. The molecule has 2 nitrogen and oxygen atoms in total.